The molecule has 0 spiro atoms. The molecule has 29 heavy (non-hydrogen) atoms. The fraction of sp³-hybridized carbons (Fsp3) is 0.364. The molecule has 0 saturated heterocycles. The first-order chi connectivity index (χ1) is 14.0. The Morgan fingerprint density at radius 3 is 2.69 bits per heavy atom. The highest BCUT2D eigenvalue weighted by molar-refractivity contribution is 9.10. The van der Waals surface area contributed by atoms with Gasteiger partial charge >= 0.3 is 5.97 Å². The normalized spacial score (nSPS) is 12.9. The maximum absolute atomic E-state index is 12.4. The second kappa shape index (κ2) is 10.3. The molecule has 0 fully saturated rings. The highest BCUT2D eigenvalue weighted by Gasteiger charge is 2.24. The minimum absolute atomic E-state index is 0.0527. The summed E-state index contributed by atoms with van der Waals surface area (Å²) in [7, 11) is 0. The number of hydrogen-bond donors (Lipinski definition) is 0. The van der Waals surface area contributed by atoms with E-state index in [1.54, 1.807) is 6.92 Å². The molecule has 3 rings (SSSR count). The van der Waals surface area contributed by atoms with Crippen LogP contribution in [0.4, 0.5) is 5.69 Å². The summed E-state index contributed by atoms with van der Waals surface area (Å²) in [6.07, 6.45) is 1.78. The maximum atomic E-state index is 12.4. The third-order valence-electron chi connectivity index (χ3n) is 4.66. The van der Waals surface area contributed by atoms with Crippen molar-refractivity contribution in [1.82, 2.24) is 4.31 Å². The van der Waals surface area contributed by atoms with E-state index in [0.29, 0.717) is 0 Å². The largest absolute Gasteiger partial charge is 0.460 e. The van der Waals surface area contributed by atoms with E-state index >= 15 is 0 Å². The van der Waals surface area contributed by atoms with Crippen LogP contribution in [0.25, 0.3) is 0 Å². The van der Waals surface area contributed by atoms with E-state index in [0.717, 1.165) is 46.6 Å². The number of anilines is 1. The van der Waals surface area contributed by atoms with Gasteiger partial charge in [0.15, 0.2) is 0 Å². The smallest absolute Gasteiger partial charge is 0.321 e. The standard InChI is InChI=1S/C22H25BrN2O3S/c1-3-10-24(14-22(27)28-15-17-7-5-4-6-8-17)29-21-13-20-18(12-19(21)23)9-11-25(20)16(2)26/h4-8,12-13H,3,9-11,14-15H2,1-2H3. The number of carbonyl (C=O) groups excluding carboxylic acids is 2. The summed E-state index contributed by atoms with van der Waals surface area (Å²) in [5, 5.41) is 0. The summed E-state index contributed by atoms with van der Waals surface area (Å²) in [5.74, 6) is -0.200. The van der Waals surface area contributed by atoms with Crippen LogP contribution in [-0.2, 0) is 27.4 Å². The van der Waals surface area contributed by atoms with Gasteiger partial charge in [0.25, 0.3) is 0 Å². The van der Waals surface area contributed by atoms with E-state index < -0.39 is 0 Å². The SMILES string of the molecule is CCCN(CC(=O)OCc1ccccc1)Sc1cc2c(cc1Br)CCN2C(C)=O. The number of amides is 1. The monoisotopic (exact) mass is 476 g/mol. The number of rotatable bonds is 8. The van der Waals surface area contributed by atoms with Gasteiger partial charge in [0, 0.05) is 35.1 Å². The van der Waals surface area contributed by atoms with Crippen LogP contribution in [0, 0.1) is 0 Å². The highest BCUT2D eigenvalue weighted by atomic mass is 79.9. The predicted octanol–water partition coefficient (Wildman–Crippen LogP) is 4.82. The molecule has 1 heterocycles. The molecule has 0 saturated carbocycles. The molecule has 0 aliphatic carbocycles. The van der Waals surface area contributed by atoms with Gasteiger partial charge in [0.2, 0.25) is 5.91 Å². The van der Waals surface area contributed by atoms with Gasteiger partial charge in [-0.05, 0) is 64.0 Å². The maximum Gasteiger partial charge on any atom is 0.321 e. The highest BCUT2D eigenvalue weighted by Crippen LogP contribution is 2.39. The number of benzene rings is 2. The zero-order valence-corrected chi connectivity index (χ0v) is 19.1. The molecule has 0 bridgehead atoms. The Bertz CT molecular complexity index is 876. The molecular formula is C22H25BrN2O3S. The molecule has 0 atom stereocenters. The van der Waals surface area contributed by atoms with Crippen molar-refractivity contribution in [2.75, 3.05) is 24.5 Å². The number of carbonyl (C=O) groups is 2. The fourth-order valence-electron chi connectivity index (χ4n) is 3.26. The van der Waals surface area contributed by atoms with Gasteiger partial charge in [0.1, 0.15) is 13.2 Å². The molecule has 7 heteroatoms. The van der Waals surface area contributed by atoms with Crippen molar-refractivity contribution in [3.8, 4) is 0 Å². The predicted molar refractivity (Wildman–Crippen MR) is 120 cm³/mol. The average Bonchev–Trinajstić information content (AvgIpc) is 3.10. The molecule has 154 valence electrons. The van der Waals surface area contributed by atoms with E-state index in [9.17, 15) is 9.59 Å². The molecule has 1 amide bonds. The van der Waals surface area contributed by atoms with Crippen LogP contribution in [0.1, 0.15) is 31.4 Å². The fourth-order valence-corrected chi connectivity index (χ4v) is 4.90. The van der Waals surface area contributed by atoms with E-state index in [1.807, 2.05) is 45.6 Å². The Morgan fingerprint density at radius 2 is 2.00 bits per heavy atom. The molecule has 0 unspecified atom stereocenters. The zero-order chi connectivity index (χ0) is 20.8. The first kappa shape index (κ1) is 21.9. The number of hydrogen-bond acceptors (Lipinski definition) is 5. The first-order valence-electron chi connectivity index (χ1n) is 9.71. The average molecular weight is 477 g/mol. The quantitative estimate of drug-likeness (QED) is 0.403. The van der Waals surface area contributed by atoms with Gasteiger partial charge in [-0.3, -0.25) is 9.59 Å². The minimum atomic E-state index is -0.252. The van der Waals surface area contributed by atoms with Crippen LogP contribution in [0.15, 0.2) is 51.8 Å². The number of ether oxygens (including phenoxy) is 1. The van der Waals surface area contributed by atoms with Crippen LogP contribution in [0.3, 0.4) is 0 Å². The van der Waals surface area contributed by atoms with Gasteiger partial charge in [-0.1, -0.05) is 37.3 Å². The van der Waals surface area contributed by atoms with Crippen LogP contribution in [0.5, 0.6) is 0 Å². The molecule has 1 aliphatic heterocycles. The van der Waals surface area contributed by atoms with Crippen LogP contribution < -0.4 is 4.90 Å². The second-order valence-electron chi connectivity index (χ2n) is 6.93. The van der Waals surface area contributed by atoms with Crippen molar-refractivity contribution in [1.29, 1.82) is 0 Å². The summed E-state index contributed by atoms with van der Waals surface area (Å²) in [6.45, 7) is 5.63. The van der Waals surface area contributed by atoms with Gasteiger partial charge in [-0.2, -0.15) is 0 Å². The van der Waals surface area contributed by atoms with Crippen molar-refractivity contribution in [3.63, 3.8) is 0 Å². The molecule has 0 N–H and O–H groups in total. The molecule has 2 aromatic carbocycles. The van der Waals surface area contributed by atoms with Crippen molar-refractivity contribution < 1.29 is 14.3 Å². The number of esters is 1. The Kier molecular flexibility index (Phi) is 7.75. The van der Waals surface area contributed by atoms with E-state index in [4.69, 9.17) is 4.74 Å². The van der Waals surface area contributed by atoms with Crippen molar-refractivity contribution in [2.24, 2.45) is 0 Å². The minimum Gasteiger partial charge on any atom is -0.460 e. The summed E-state index contributed by atoms with van der Waals surface area (Å²) >= 11 is 5.16. The first-order valence-corrected chi connectivity index (χ1v) is 11.3. The van der Waals surface area contributed by atoms with Crippen molar-refractivity contribution >= 4 is 45.4 Å². The third-order valence-corrected chi connectivity index (χ3v) is 6.68. The summed E-state index contributed by atoms with van der Waals surface area (Å²) in [6, 6.07) is 13.8. The zero-order valence-electron chi connectivity index (χ0n) is 16.7. The second-order valence-corrected chi connectivity index (χ2v) is 8.93. The Labute approximate surface area is 184 Å². The van der Waals surface area contributed by atoms with Crippen LogP contribution in [0.2, 0.25) is 0 Å². The lowest BCUT2D eigenvalue weighted by atomic mass is 10.2. The number of halogens is 1. The lowest BCUT2D eigenvalue weighted by Crippen LogP contribution is -2.27. The number of nitrogens with zero attached hydrogens (tertiary/aromatic N) is 2. The third kappa shape index (κ3) is 5.84. The van der Waals surface area contributed by atoms with Crippen LogP contribution >= 0.6 is 27.9 Å². The van der Waals surface area contributed by atoms with E-state index in [-0.39, 0.29) is 25.0 Å². The molecule has 0 aromatic heterocycles. The summed E-state index contributed by atoms with van der Waals surface area (Å²) < 4.78 is 8.42. The van der Waals surface area contributed by atoms with Crippen molar-refractivity contribution in [2.45, 2.75) is 38.2 Å². The molecule has 1 aliphatic rings. The Hall–Kier alpha value is -1.83. The lowest BCUT2D eigenvalue weighted by Gasteiger charge is -2.22. The molecule has 0 radical (unpaired) electrons. The topological polar surface area (TPSA) is 49.9 Å². The summed E-state index contributed by atoms with van der Waals surface area (Å²) in [4.78, 5) is 27.1. The van der Waals surface area contributed by atoms with E-state index in [2.05, 4.69) is 28.9 Å². The number of fused-ring (bicyclic) bond motifs is 1. The van der Waals surface area contributed by atoms with Gasteiger partial charge < -0.3 is 9.64 Å². The lowest BCUT2D eigenvalue weighted by molar-refractivity contribution is -0.145. The molecular weight excluding hydrogens is 452 g/mol. The van der Waals surface area contributed by atoms with Crippen LogP contribution in [-0.4, -0.2) is 35.8 Å². The van der Waals surface area contributed by atoms with Gasteiger partial charge in [0.05, 0.1) is 0 Å². The van der Waals surface area contributed by atoms with Gasteiger partial charge in [-0.15, -0.1) is 0 Å². The van der Waals surface area contributed by atoms with Gasteiger partial charge in [-0.25, -0.2) is 4.31 Å². The Balaban J connectivity index is 1.66. The van der Waals surface area contributed by atoms with E-state index in [1.165, 1.54) is 17.5 Å². The van der Waals surface area contributed by atoms with Crippen molar-refractivity contribution in [3.05, 3.63) is 58.1 Å². The molecule has 2 aromatic rings. The molecule has 5 nitrogen and oxygen atoms in total. The Morgan fingerprint density at radius 1 is 1.24 bits per heavy atom. The summed E-state index contributed by atoms with van der Waals surface area (Å²) in [5.41, 5.74) is 3.10.